The Morgan fingerprint density at radius 3 is 2.18 bits per heavy atom. The number of esters is 1. The highest BCUT2D eigenvalue weighted by atomic mass is 79.9. The van der Waals surface area contributed by atoms with E-state index in [9.17, 15) is 9.59 Å². The second kappa shape index (κ2) is 23.3. The van der Waals surface area contributed by atoms with Crippen molar-refractivity contribution in [2.24, 2.45) is 11.8 Å². The molecule has 2 aromatic rings. The van der Waals surface area contributed by atoms with Crippen LogP contribution in [0.3, 0.4) is 0 Å². The normalized spacial score (nSPS) is 28.1. The monoisotopic (exact) mass is 842 g/mol. The summed E-state index contributed by atoms with van der Waals surface area (Å²) in [6.45, 7) is 2.44. The molecule has 0 N–H and O–H groups in total. The van der Waals surface area contributed by atoms with Gasteiger partial charge in [-0.25, -0.2) is 4.79 Å². The Labute approximate surface area is 339 Å². The quantitative estimate of drug-likeness (QED) is 0.0559. The first-order valence-corrected chi connectivity index (χ1v) is 22.2. The SMILES string of the molecule is O=C(/C=C/[C@@H]1[C@@H](C/C=C\CCCC(COC2CCCCO2)OC(=O)c2ccccc2)[C@@H](OC2CCCCO2)C[C@H]1OC1CCCCO1)CCc1ccc(Br)s1. The molecular formula is C44H59BrO9S. The van der Waals surface area contributed by atoms with Crippen molar-refractivity contribution in [3.05, 3.63) is 81.0 Å². The predicted molar refractivity (Wildman–Crippen MR) is 216 cm³/mol. The van der Waals surface area contributed by atoms with Crippen molar-refractivity contribution in [2.75, 3.05) is 26.4 Å². The smallest absolute Gasteiger partial charge is 0.338 e. The molecule has 3 saturated heterocycles. The standard InChI is InChI=1S/C44H59BrO9S/c45-40-26-24-35(55-40)23-21-33(46)22-25-37-36(38(53-42-19-9-12-28-49-42)30-39(37)54-43-20-10-13-29-50-43)17-7-2-1-6-16-34(31-51-41-18-8-11-27-48-41)52-44(47)32-14-4-3-5-15-32/h2-5,7,14-15,22,24-26,34,36-39,41-43H,1,6,8-13,16-21,23,27-31H2/b7-2-,25-22+/t34?,36-,37-,38+,39-,41?,42?,43?/m1/s1. The van der Waals surface area contributed by atoms with E-state index in [0.717, 1.165) is 100 Å². The summed E-state index contributed by atoms with van der Waals surface area (Å²) in [7, 11) is 0. The fourth-order valence-corrected chi connectivity index (χ4v) is 9.37. The van der Waals surface area contributed by atoms with Gasteiger partial charge in [-0.3, -0.25) is 4.79 Å². The van der Waals surface area contributed by atoms with Crippen molar-refractivity contribution in [3.8, 4) is 0 Å². The highest BCUT2D eigenvalue weighted by Crippen LogP contribution is 2.42. The number of hydrogen-bond donors (Lipinski definition) is 0. The number of hydrogen-bond acceptors (Lipinski definition) is 10. The Balaban J connectivity index is 1.09. The van der Waals surface area contributed by atoms with Crippen LogP contribution >= 0.6 is 27.3 Å². The molecule has 0 amide bonds. The lowest BCUT2D eigenvalue weighted by atomic mass is 9.89. The molecule has 4 unspecified atom stereocenters. The van der Waals surface area contributed by atoms with E-state index in [-0.39, 0.29) is 60.8 Å². The highest BCUT2D eigenvalue weighted by molar-refractivity contribution is 9.11. The van der Waals surface area contributed by atoms with Crippen LogP contribution in [0.5, 0.6) is 0 Å². The van der Waals surface area contributed by atoms with Crippen molar-refractivity contribution in [1.29, 1.82) is 0 Å². The van der Waals surface area contributed by atoms with Gasteiger partial charge >= 0.3 is 5.97 Å². The summed E-state index contributed by atoms with van der Waals surface area (Å²) in [6.07, 6.45) is 21.2. The second-order valence-electron chi connectivity index (χ2n) is 15.1. The Morgan fingerprint density at radius 2 is 1.53 bits per heavy atom. The van der Waals surface area contributed by atoms with E-state index >= 15 is 0 Å². The molecule has 1 aromatic heterocycles. The molecule has 0 spiro atoms. The van der Waals surface area contributed by atoms with Gasteiger partial charge in [0.1, 0.15) is 6.10 Å². The summed E-state index contributed by atoms with van der Waals surface area (Å²) in [6, 6.07) is 13.2. The average molecular weight is 844 g/mol. The molecule has 4 aliphatic rings. The predicted octanol–water partition coefficient (Wildman–Crippen LogP) is 9.91. The first-order chi connectivity index (χ1) is 27.0. The Morgan fingerprint density at radius 1 is 0.836 bits per heavy atom. The fourth-order valence-electron chi connectivity index (χ4n) is 7.89. The minimum Gasteiger partial charge on any atom is -0.456 e. The average Bonchev–Trinajstić information content (AvgIpc) is 3.79. The van der Waals surface area contributed by atoms with Gasteiger partial charge in [0, 0.05) is 43.5 Å². The maximum atomic E-state index is 13.2. The van der Waals surface area contributed by atoms with Crippen LogP contribution in [-0.4, -0.2) is 75.4 Å². The van der Waals surface area contributed by atoms with Crippen LogP contribution in [0, 0.1) is 11.8 Å². The van der Waals surface area contributed by atoms with E-state index in [2.05, 4.69) is 40.2 Å². The lowest BCUT2D eigenvalue weighted by molar-refractivity contribution is -0.203. The maximum absolute atomic E-state index is 13.2. The van der Waals surface area contributed by atoms with Crippen molar-refractivity contribution < 1.29 is 42.7 Å². The molecule has 55 heavy (non-hydrogen) atoms. The van der Waals surface area contributed by atoms with E-state index in [4.69, 9.17) is 33.2 Å². The molecule has 11 heteroatoms. The first kappa shape index (κ1) is 42.4. The van der Waals surface area contributed by atoms with Crippen molar-refractivity contribution in [3.63, 3.8) is 0 Å². The van der Waals surface area contributed by atoms with E-state index in [0.29, 0.717) is 38.2 Å². The van der Waals surface area contributed by atoms with Gasteiger partial charge in [0.15, 0.2) is 24.7 Å². The maximum Gasteiger partial charge on any atom is 0.338 e. The minimum atomic E-state index is -0.372. The van der Waals surface area contributed by atoms with Crippen LogP contribution < -0.4 is 0 Å². The third-order valence-corrected chi connectivity index (χ3v) is 12.6. The number of halogens is 1. The fraction of sp³-hybridized carbons (Fsp3) is 0.636. The van der Waals surface area contributed by atoms with Gasteiger partial charge in [-0.15, -0.1) is 11.3 Å². The van der Waals surface area contributed by atoms with Crippen LogP contribution in [0.1, 0.15) is 112 Å². The van der Waals surface area contributed by atoms with Gasteiger partial charge < -0.3 is 33.2 Å². The number of benzene rings is 1. The Hall–Kier alpha value is -2.22. The van der Waals surface area contributed by atoms with Crippen LogP contribution in [0.25, 0.3) is 0 Å². The van der Waals surface area contributed by atoms with Crippen molar-refractivity contribution >= 4 is 39.0 Å². The summed E-state index contributed by atoms with van der Waals surface area (Å²) in [5.74, 6) is -0.121. The van der Waals surface area contributed by atoms with Crippen molar-refractivity contribution in [1.82, 2.24) is 0 Å². The molecule has 1 aliphatic carbocycles. The molecular weight excluding hydrogens is 784 g/mol. The number of aryl methyl sites for hydroxylation is 1. The van der Waals surface area contributed by atoms with Crippen molar-refractivity contribution in [2.45, 2.75) is 140 Å². The summed E-state index contributed by atoms with van der Waals surface area (Å²) in [5.41, 5.74) is 0.534. The van der Waals surface area contributed by atoms with E-state index in [1.54, 1.807) is 29.5 Å². The minimum absolute atomic E-state index is 0.00969. The molecule has 4 heterocycles. The second-order valence-corrected chi connectivity index (χ2v) is 17.7. The molecule has 9 nitrogen and oxygen atoms in total. The molecule has 1 saturated carbocycles. The molecule has 8 atom stereocenters. The largest absolute Gasteiger partial charge is 0.456 e. The lowest BCUT2D eigenvalue weighted by Crippen LogP contribution is -2.31. The van der Waals surface area contributed by atoms with Crippen LogP contribution in [0.2, 0.25) is 0 Å². The molecule has 3 aliphatic heterocycles. The molecule has 4 fully saturated rings. The number of thiophene rings is 1. The van der Waals surface area contributed by atoms with Gasteiger partial charge in [-0.1, -0.05) is 36.4 Å². The van der Waals surface area contributed by atoms with Crippen LogP contribution in [0.4, 0.5) is 0 Å². The number of allylic oxidation sites excluding steroid dienone is 3. The number of ether oxygens (including phenoxy) is 7. The zero-order valence-corrected chi connectivity index (χ0v) is 34.5. The molecule has 6 rings (SSSR count). The summed E-state index contributed by atoms with van der Waals surface area (Å²) in [4.78, 5) is 27.3. The number of rotatable bonds is 20. The van der Waals surface area contributed by atoms with Gasteiger partial charge in [0.2, 0.25) is 0 Å². The zero-order valence-electron chi connectivity index (χ0n) is 32.1. The molecule has 0 radical (unpaired) electrons. The third kappa shape index (κ3) is 14.3. The number of ketones is 1. The van der Waals surface area contributed by atoms with Gasteiger partial charge in [-0.2, -0.15) is 0 Å². The number of carbonyl (C=O) groups is 2. The van der Waals surface area contributed by atoms with Crippen LogP contribution in [-0.2, 0) is 44.4 Å². The number of unbranched alkanes of at least 4 members (excludes halogenated alkanes) is 1. The highest BCUT2D eigenvalue weighted by Gasteiger charge is 2.45. The summed E-state index contributed by atoms with van der Waals surface area (Å²) >= 11 is 5.20. The van der Waals surface area contributed by atoms with Gasteiger partial charge in [0.25, 0.3) is 0 Å². The lowest BCUT2D eigenvalue weighted by Gasteiger charge is -2.30. The topological polar surface area (TPSA) is 98.8 Å². The third-order valence-electron chi connectivity index (χ3n) is 10.9. The number of carbonyl (C=O) groups excluding carboxylic acids is 2. The van der Waals surface area contributed by atoms with Crippen LogP contribution in [0.15, 0.2) is 70.6 Å². The molecule has 302 valence electrons. The van der Waals surface area contributed by atoms with E-state index < -0.39 is 0 Å². The molecule has 0 bridgehead atoms. The van der Waals surface area contributed by atoms with Gasteiger partial charge in [-0.05, 0) is 142 Å². The Kier molecular flexibility index (Phi) is 17.9. The van der Waals surface area contributed by atoms with Gasteiger partial charge in [0.05, 0.1) is 28.2 Å². The summed E-state index contributed by atoms with van der Waals surface area (Å²) in [5, 5.41) is 0. The first-order valence-electron chi connectivity index (χ1n) is 20.6. The van der Waals surface area contributed by atoms with E-state index in [1.165, 1.54) is 4.88 Å². The van der Waals surface area contributed by atoms with E-state index in [1.807, 2.05) is 24.3 Å². The zero-order chi connectivity index (χ0) is 38.1. The summed E-state index contributed by atoms with van der Waals surface area (Å²) < 4.78 is 44.3. The molecule has 1 aromatic carbocycles. The Bertz CT molecular complexity index is 1480.